The van der Waals surface area contributed by atoms with Crippen LogP contribution in [0.25, 0.3) is 0 Å². The molecule has 0 bridgehead atoms. The van der Waals surface area contributed by atoms with Gasteiger partial charge in [0.25, 0.3) is 0 Å². The van der Waals surface area contributed by atoms with E-state index in [1.807, 2.05) is 18.8 Å². The fourth-order valence-corrected chi connectivity index (χ4v) is 2.86. The highest BCUT2D eigenvalue weighted by molar-refractivity contribution is 7.99. The summed E-state index contributed by atoms with van der Waals surface area (Å²) in [5, 5.41) is 7.98. The molecular weight excluding hydrogens is 212 g/mol. The SMILES string of the molecule is CN(c1nnc(CCN)o1)C1CCSC1. The second kappa shape index (κ2) is 4.85. The van der Waals surface area contributed by atoms with Crippen molar-refractivity contribution in [3.05, 3.63) is 5.89 Å². The van der Waals surface area contributed by atoms with Gasteiger partial charge < -0.3 is 15.1 Å². The molecule has 6 heteroatoms. The molecule has 5 nitrogen and oxygen atoms in total. The van der Waals surface area contributed by atoms with Crippen LogP contribution in [-0.2, 0) is 6.42 Å². The molecule has 1 atom stereocenters. The lowest BCUT2D eigenvalue weighted by Gasteiger charge is -2.20. The molecular formula is C9H16N4OS. The minimum absolute atomic E-state index is 0.529. The summed E-state index contributed by atoms with van der Waals surface area (Å²) in [6.45, 7) is 0.546. The summed E-state index contributed by atoms with van der Waals surface area (Å²) in [5.74, 6) is 2.99. The predicted molar refractivity (Wildman–Crippen MR) is 61.2 cm³/mol. The van der Waals surface area contributed by atoms with Crippen molar-refractivity contribution in [3.63, 3.8) is 0 Å². The summed E-state index contributed by atoms with van der Waals surface area (Å²) in [4.78, 5) is 2.08. The van der Waals surface area contributed by atoms with Crippen LogP contribution in [-0.4, -0.2) is 41.3 Å². The number of hydrogen-bond donors (Lipinski definition) is 1. The van der Waals surface area contributed by atoms with Crippen molar-refractivity contribution in [2.45, 2.75) is 18.9 Å². The Bertz CT molecular complexity index is 311. The molecule has 0 aromatic carbocycles. The lowest BCUT2D eigenvalue weighted by molar-refractivity contribution is 0.478. The summed E-state index contributed by atoms with van der Waals surface area (Å²) in [6.07, 6.45) is 1.84. The van der Waals surface area contributed by atoms with Crippen molar-refractivity contribution in [2.24, 2.45) is 5.73 Å². The average Bonchev–Trinajstić information content (AvgIpc) is 2.87. The Balaban J connectivity index is 2.00. The first kappa shape index (κ1) is 10.8. The van der Waals surface area contributed by atoms with Gasteiger partial charge in [-0.05, 0) is 12.2 Å². The molecule has 0 radical (unpaired) electrons. The molecule has 1 aromatic heterocycles. The monoisotopic (exact) mass is 228 g/mol. The van der Waals surface area contributed by atoms with E-state index in [1.54, 1.807) is 0 Å². The Morgan fingerprint density at radius 3 is 3.13 bits per heavy atom. The third kappa shape index (κ3) is 2.43. The number of nitrogens with zero attached hydrogens (tertiary/aromatic N) is 3. The van der Waals surface area contributed by atoms with Gasteiger partial charge in [-0.15, -0.1) is 5.10 Å². The van der Waals surface area contributed by atoms with Crippen molar-refractivity contribution >= 4 is 17.8 Å². The number of rotatable bonds is 4. The minimum atomic E-state index is 0.529. The number of aromatic nitrogens is 2. The molecule has 84 valence electrons. The molecule has 0 spiro atoms. The lowest BCUT2D eigenvalue weighted by Crippen LogP contribution is -2.31. The maximum Gasteiger partial charge on any atom is 0.318 e. The van der Waals surface area contributed by atoms with Crippen molar-refractivity contribution in [2.75, 3.05) is 30.0 Å². The van der Waals surface area contributed by atoms with Gasteiger partial charge in [-0.3, -0.25) is 0 Å². The third-order valence-electron chi connectivity index (χ3n) is 2.57. The first-order chi connectivity index (χ1) is 7.31. The molecule has 1 saturated heterocycles. The third-order valence-corrected chi connectivity index (χ3v) is 3.71. The van der Waals surface area contributed by atoms with Crippen molar-refractivity contribution < 1.29 is 4.42 Å². The zero-order valence-electron chi connectivity index (χ0n) is 8.85. The Kier molecular flexibility index (Phi) is 3.48. The van der Waals surface area contributed by atoms with Crippen LogP contribution >= 0.6 is 11.8 Å². The zero-order chi connectivity index (χ0) is 10.7. The van der Waals surface area contributed by atoms with Gasteiger partial charge in [-0.25, -0.2) is 0 Å². The van der Waals surface area contributed by atoms with E-state index >= 15 is 0 Å². The lowest BCUT2D eigenvalue weighted by atomic mass is 10.2. The van der Waals surface area contributed by atoms with Crippen LogP contribution in [0.1, 0.15) is 12.3 Å². The van der Waals surface area contributed by atoms with E-state index < -0.39 is 0 Å². The topological polar surface area (TPSA) is 68.2 Å². The molecule has 2 heterocycles. The molecule has 0 saturated carbocycles. The molecule has 1 aromatic rings. The van der Waals surface area contributed by atoms with Gasteiger partial charge in [0.1, 0.15) is 0 Å². The molecule has 0 amide bonds. The van der Waals surface area contributed by atoms with Crippen LogP contribution in [0.5, 0.6) is 0 Å². The average molecular weight is 228 g/mol. The zero-order valence-corrected chi connectivity index (χ0v) is 9.66. The van der Waals surface area contributed by atoms with E-state index in [0.717, 1.165) is 5.75 Å². The number of anilines is 1. The number of hydrogen-bond acceptors (Lipinski definition) is 6. The van der Waals surface area contributed by atoms with Crippen LogP contribution in [0.4, 0.5) is 6.01 Å². The van der Waals surface area contributed by atoms with Crippen LogP contribution in [0.15, 0.2) is 4.42 Å². The molecule has 1 fully saturated rings. The van der Waals surface area contributed by atoms with E-state index in [9.17, 15) is 0 Å². The summed E-state index contributed by atoms with van der Waals surface area (Å²) < 4.78 is 5.51. The van der Waals surface area contributed by atoms with E-state index in [2.05, 4.69) is 15.1 Å². The van der Waals surface area contributed by atoms with Crippen LogP contribution in [0, 0.1) is 0 Å². The van der Waals surface area contributed by atoms with E-state index in [-0.39, 0.29) is 0 Å². The standard InChI is InChI=1S/C9H16N4OS/c1-13(7-3-5-15-6-7)9-12-11-8(14-9)2-4-10/h7H,2-6,10H2,1H3. The number of thioether (sulfide) groups is 1. The van der Waals surface area contributed by atoms with Gasteiger partial charge in [-0.2, -0.15) is 11.8 Å². The minimum Gasteiger partial charge on any atom is -0.408 e. The van der Waals surface area contributed by atoms with Gasteiger partial charge in [0, 0.05) is 31.8 Å². The smallest absolute Gasteiger partial charge is 0.318 e. The Morgan fingerprint density at radius 1 is 1.60 bits per heavy atom. The molecule has 2 N–H and O–H groups in total. The highest BCUT2D eigenvalue weighted by Gasteiger charge is 2.23. The molecule has 0 aliphatic carbocycles. The Morgan fingerprint density at radius 2 is 2.47 bits per heavy atom. The van der Waals surface area contributed by atoms with Crippen LogP contribution in [0.3, 0.4) is 0 Å². The Labute approximate surface area is 93.4 Å². The van der Waals surface area contributed by atoms with E-state index in [4.69, 9.17) is 10.2 Å². The predicted octanol–water partition coefficient (Wildman–Crippen LogP) is 0.512. The summed E-state index contributed by atoms with van der Waals surface area (Å²) in [6, 6.07) is 1.15. The maximum absolute atomic E-state index is 5.51. The highest BCUT2D eigenvalue weighted by Crippen LogP contribution is 2.24. The maximum atomic E-state index is 5.51. The van der Waals surface area contributed by atoms with Crippen molar-refractivity contribution in [1.82, 2.24) is 10.2 Å². The van der Waals surface area contributed by atoms with Crippen molar-refractivity contribution in [1.29, 1.82) is 0 Å². The first-order valence-corrected chi connectivity index (χ1v) is 6.29. The van der Waals surface area contributed by atoms with Gasteiger partial charge in [-0.1, -0.05) is 5.10 Å². The largest absolute Gasteiger partial charge is 0.408 e. The second-order valence-electron chi connectivity index (χ2n) is 3.65. The molecule has 1 aliphatic heterocycles. The van der Waals surface area contributed by atoms with Gasteiger partial charge >= 0.3 is 6.01 Å². The fourth-order valence-electron chi connectivity index (χ4n) is 1.60. The Hall–Kier alpha value is -0.750. The van der Waals surface area contributed by atoms with E-state index in [0.29, 0.717) is 30.9 Å². The fraction of sp³-hybridized carbons (Fsp3) is 0.778. The van der Waals surface area contributed by atoms with E-state index in [1.165, 1.54) is 12.2 Å². The highest BCUT2D eigenvalue weighted by atomic mass is 32.2. The molecule has 1 aliphatic rings. The first-order valence-electron chi connectivity index (χ1n) is 5.14. The summed E-state index contributed by atoms with van der Waals surface area (Å²) in [7, 11) is 2.01. The molecule has 15 heavy (non-hydrogen) atoms. The van der Waals surface area contributed by atoms with Gasteiger partial charge in [0.05, 0.1) is 0 Å². The van der Waals surface area contributed by atoms with Gasteiger partial charge in [0.2, 0.25) is 5.89 Å². The summed E-state index contributed by atoms with van der Waals surface area (Å²) >= 11 is 1.97. The number of nitrogens with two attached hydrogens (primary N) is 1. The van der Waals surface area contributed by atoms with Crippen molar-refractivity contribution in [3.8, 4) is 0 Å². The normalized spacial score (nSPS) is 20.8. The second-order valence-corrected chi connectivity index (χ2v) is 4.80. The quantitative estimate of drug-likeness (QED) is 0.810. The van der Waals surface area contributed by atoms with Crippen LogP contribution < -0.4 is 10.6 Å². The van der Waals surface area contributed by atoms with Crippen LogP contribution in [0.2, 0.25) is 0 Å². The molecule has 1 unspecified atom stereocenters. The summed E-state index contributed by atoms with van der Waals surface area (Å²) in [5.41, 5.74) is 5.42. The van der Waals surface area contributed by atoms with Gasteiger partial charge in [0.15, 0.2) is 0 Å². The molecule has 2 rings (SSSR count).